The average molecular weight is 375 g/mol. The summed E-state index contributed by atoms with van der Waals surface area (Å²) >= 11 is 1.50. The van der Waals surface area contributed by atoms with Crippen molar-refractivity contribution in [3.8, 4) is 22.4 Å². The molecule has 1 aromatic carbocycles. The molecule has 27 heavy (non-hydrogen) atoms. The topological polar surface area (TPSA) is 90.7 Å². The fourth-order valence-electron chi connectivity index (χ4n) is 2.67. The Kier molecular flexibility index (Phi) is 4.34. The third kappa shape index (κ3) is 3.39. The van der Waals surface area contributed by atoms with Gasteiger partial charge in [0.1, 0.15) is 27.4 Å². The molecule has 4 rings (SSSR count). The fourth-order valence-corrected chi connectivity index (χ4v) is 3.67. The molecule has 3 heterocycles. The zero-order valence-corrected chi connectivity index (χ0v) is 16.0. The van der Waals surface area contributed by atoms with Crippen molar-refractivity contribution in [3.05, 3.63) is 53.2 Å². The lowest BCUT2D eigenvalue weighted by atomic mass is 10.0. The van der Waals surface area contributed by atoms with E-state index in [4.69, 9.17) is 10.3 Å². The Bertz CT molecular complexity index is 1200. The van der Waals surface area contributed by atoms with Crippen LogP contribution in [0.5, 0.6) is 0 Å². The SMILES string of the molecule is Cc1cc([C@@H](C)C#Cc2ccc(C)c(-c3nc4c(N)ncnc4s3)c2)no1. The molecule has 2 N–H and O–H groups in total. The van der Waals surface area contributed by atoms with E-state index in [1.807, 2.05) is 38.1 Å². The van der Waals surface area contributed by atoms with Crippen LogP contribution in [-0.2, 0) is 0 Å². The molecule has 0 saturated carbocycles. The maximum Gasteiger partial charge on any atom is 0.154 e. The molecule has 0 fully saturated rings. The van der Waals surface area contributed by atoms with Crippen LogP contribution >= 0.6 is 11.3 Å². The normalized spacial score (nSPS) is 12.0. The predicted octanol–water partition coefficient (Wildman–Crippen LogP) is 4.10. The van der Waals surface area contributed by atoms with Gasteiger partial charge in [0.05, 0.1) is 11.6 Å². The Hall–Kier alpha value is -3.24. The number of hydrogen-bond donors (Lipinski definition) is 1. The first-order valence-corrected chi connectivity index (χ1v) is 9.25. The van der Waals surface area contributed by atoms with Crippen molar-refractivity contribution in [3.63, 3.8) is 0 Å². The van der Waals surface area contributed by atoms with Crippen molar-refractivity contribution in [1.82, 2.24) is 20.1 Å². The largest absolute Gasteiger partial charge is 0.382 e. The lowest BCUT2D eigenvalue weighted by molar-refractivity contribution is 0.389. The number of rotatable bonds is 2. The van der Waals surface area contributed by atoms with Gasteiger partial charge in [-0.15, -0.1) is 0 Å². The summed E-state index contributed by atoms with van der Waals surface area (Å²) in [5.74, 6) is 7.63. The van der Waals surface area contributed by atoms with Crippen LogP contribution < -0.4 is 5.73 Å². The number of anilines is 1. The van der Waals surface area contributed by atoms with Gasteiger partial charge in [-0.3, -0.25) is 0 Å². The molecule has 0 radical (unpaired) electrons. The maximum atomic E-state index is 5.91. The van der Waals surface area contributed by atoms with Crippen molar-refractivity contribution in [2.45, 2.75) is 26.7 Å². The molecule has 0 amide bonds. The van der Waals surface area contributed by atoms with Crippen LogP contribution in [0.25, 0.3) is 20.9 Å². The Morgan fingerprint density at radius 2 is 2.04 bits per heavy atom. The summed E-state index contributed by atoms with van der Waals surface area (Å²) in [7, 11) is 0. The Labute approximate surface area is 160 Å². The molecule has 0 aliphatic carbocycles. The molecule has 6 nitrogen and oxygen atoms in total. The third-order valence-corrected chi connectivity index (χ3v) is 5.21. The van der Waals surface area contributed by atoms with Crippen molar-refractivity contribution in [1.29, 1.82) is 0 Å². The van der Waals surface area contributed by atoms with E-state index in [2.05, 4.69) is 38.9 Å². The van der Waals surface area contributed by atoms with Gasteiger partial charge in [-0.05, 0) is 38.5 Å². The minimum absolute atomic E-state index is 0.00951. The van der Waals surface area contributed by atoms with Gasteiger partial charge in [0, 0.05) is 17.2 Å². The Morgan fingerprint density at radius 3 is 2.78 bits per heavy atom. The van der Waals surface area contributed by atoms with E-state index in [0.717, 1.165) is 38.0 Å². The van der Waals surface area contributed by atoms with Crippen LogP contribution in [0.4, 0.5) is 5.82 Å². The fraction of sp³-hybridized carbons (Fsp3) is 0.200. The molecule has 0 aliphatic heterocycles. The molecule has 3 aromatic heterocycles. The number of hydrogen-bond acceptors (Lipinski definition) is 7. The van der Waals surface area contributed by atoms with Gasteiger partial charge < -0.3 is 10.3 Å². The highest BCUT2D eigenvalue weighted by Crippen LogP contribution is 2.32. The van der Waals surface area contributed by atoms with Gasteiger partial charge in [-0.25, -0.2) is 15.0 Å². The number of nitrogen functional groups attached to an aromatic ring is 1. The second-order valence-corrected chi connectivity index (χ2v) is 7.29. The second-order valence-electron chi connectivity index (χ2n) is 6.31. The highest BCUT2D eigenvalue weighted by atomic mass is 32.1. The van der Waals surface area contributed by atoms with E-state index in [9.17, 15) is 0 Å². The van der Waals surface area contributed by atoms with Crippen LogP contribution in [0.3, 0.4) is 0 Å². The lowest BCUT2D eigenvalue weighted by Gasteiger charge is -2.03. The number of fused-ring (bicyclic) bond motifs is 1. The number of nitrogens with zero attached hydrogens (tertiary/aromatic N) is 4. The monoisotopic (exact) mass is 375 g/mol. The van der Waals surface area contributed by atoms with Gasteiger partial charge in [0.25, 0.3) is 0 Å². The molecular formula is C20H17N5OS. The Morgan fingerprint density at radius 1 is 1.19 bits per heavy atom. The van der Waals surface area contributed by atoms with Crippen LogP contribution in [0.2, 0.25) is 0 Å². The smallest absolute Gasteiger partial charge is 0.154 e. The van der Waals surface area contributed by atoms with Gasteiger partial charge in [-0.1, -0.05) is 34.4 Å². The standard InChI is InChI=1S/C20H17N5OS/c1-11-4-6-14(7-5-12(2)16-8-13(3)26-25-16)9-15(11)19-24-17-18(21)22-10-23-20(17)27-19/h4,6,8-10,12H,1-3H3,(H2,21,22,23)/t12-/m0/s1. The van der Waals surface area contributed by atoms with E-state index in [-0.39, 0.29) is 5.92 Å². The number of aromatic nitrogens is 4. The van der Waals surface area contributed by atoms with E-state index < -0.39 is 0 Å². The van der Waals surface area contributed by atoms with E-state index in [1.54, 1.807) is 0 Å². The molecule has 0 unspecified atom stereocenters. The van der Waals surface area contributed by atoms with Crippen LogP contribution in [0.1, 0.15) is 35.4 Å². The average Bonchev–Trinajstić information content (AvgIpc) is 3.28. The number of thiazole rings is 1. The highest BCUT2D eigenvalue weighted by Gasteiger charge is 2.13. The molecule has 0 spiro atoms. The summed E-state index contributed by atoms with van der Waals surface area (Å²) in [6.45, 7) is 5.93. The molecule has 134 valence electrons. The van der Waals surface area contributed by atoms with Crippen molar-refractivity contribution >= 4 is 27.5 Å². The van der Waals surface area contributed by atoms with Crippen LogP contribution in [0, 0.1) is 25.7 Å². The molecule has 1 atom stereocenters. The first-order valence-electron chi connectivity index (χ1n) is 8.44. The summed E-state index contributed by atoms with van der Waals surface area (Å²) in [4.78, 5) is 13.7. The van der Waals surface area contributed by atoms with Crippen LogP contribution in [-0.4, -0.2) is 20.1 Å². The summed E-state index contributed by atoms with van der Waals surface area (Å²) in [5.41, 5.74) is 10.4. The van der Waals surface area contributed by atoms with Gasteiger partial charge in [0.2, 0.25) is 0 Å². The first kappa shape index (κ1) is 17.2. The molecule has 0 bridgehead atoms. The summed E-state index contributed by atoms with van der Waals surface area (Å²) in [5, 5.41) is 4.89. The molecule has 4 aromatic rings. The zero-order valence-electron chi connectivity index (χ0n) is 15.1. The molecule has 0 saturated heterocycles. The summed E-state index contributed by atoms with van der Waals surface area (Å²) < 4.78 is 5.12. The number of nitrogens with two attached hydrogens (primary N) is 1. The van der Waals surface area contributed by atoms with Crippen molar-refractivity contribution in [2.75, 3.05) is 5.73 Å². The van der Waals surface area contributed by atoms with Crippen molar-refractivity contribution in [2.24, 2.45) is 0 Å². The van der Waals surface area contributed by atoms with E-state index >= 15 is 0 Å². The van der Waals surface area contributed by atoms with Crippen molar-refractivity contribution < 1.29 is 4.52 Å². The minimum atomic E-state index is -0.00951. The second kappa shape index (κ2) is 6.82. The molecule has 0 aliphatic rings. The number of benzene rings is 1. The quantitative estimate of drug-likeness (QED) is 0.531. The third-order valence-electron chi connectivity index (χ3n) is 4.21. The van der Waals surface area contributed by atoms with Crippen LogP contribution in [0.15, 0.2) is 35.1 Å². The zero-order chi connectivity index (χ0) is 19.0. The minimum Gasteiger partial charge on any atom is -0.382 e. The predicted molar refractivity (Wildman–Crippen MR) is 106 cm³/mol. The summed E-state index contributed by atoms with van der Waals surface area (Å²) in [6.07, 6.45) is 1.46. The first-order chi connectivity index (χ1) is 13.0. The van der Waals surface area contributed by atoms with Gasteiger partial charge in [-0.2, -0.15) is 0 Å². The van der Waals surface area contributed by atoms with Gasteiger partial charge >= 0.3 is 0 Å². The Balaban J connectivity index is 1.69. The summed E-state index contributed by atoms with van der Waals surface area (Å²) in [6, 6.07) is 8.01. The molecule has 7 heteroatoms. The molecular weight excluding hydrogens is 358 g/mol. The lowest BCUT2D eigenvalue weighted by Crippen LogP contribution is -1.92. The highest BCUT2D eigenvalue weighted by molar-refractivity contribution is 7.21. The number of aryl methyl sites for hydroxylation is 2. The van der Waals surface area contributed by atoms with Gasteiger partial charge in [0.15, 0.2) is 5.82 Å². The maximum absolute atomic E-state index is 5.91. The van der Waals surface area contributed by atoms with E-state index in [0.29, 0.717) is 11.3 Å². The van der Waals surface area contributed by atoms with E-state index in [1.165, 1.54) is 17.7 Å².